The first-order chi connectivity index (χ1) is 12.7. The summed E-state index contributed by atoms with van der Waals surface area (Å²) in [4.78, 5) is 11.4. The molecule has 26 heavy (non-hydrogen) atoms. The Morgan fingerprint density at radius 1 is 1.15 bits per heavy atom. The Morgan fingerprint density at radius 2 is 1.88 bits per heavy atom. The number of rotatable bonds is 6. The second-order valence-corrected chi connectivity index (χ2v) is 6.34. The molecule has 0 amide bonds. The topological polar surface area (TPSA) is 65.7 Å². The number of nitrogens with one attached hydrogen (secondary N) is 2. The summed E-state index contributed by atoms with van der Waals surface area (Å²) in [7, 11) is 0. The van der Waals surface area contributed by atoms with Crippen LogP contribution in [0, 0.1) is 13.8 Å². The summed E-state index contributed by atoms with van der Waals surface area (Å²) < 4.78 is 5.60. The molecular weight excluding hydrogens is 326 g/mol. The molecule has 6 heteroatoms. The van der Waals surface area contributed by atoms with Gasteiger partial charge in [0.2, 0.25) is 5.89 Å². The Balaban J connectivity index is 1.57. The van der Waals surface area contributed by atoms with Crippen LogP contribution in [0.15, 0.2) is 45.8 Å². The average molecular weight is 353 g/mol. The Kier molecular flexibility index (Phi) is 5.94. The van der Waals surface area contributed by atoms with Crippen molar-refractivity contribution in [1.82, 2.24) is 15.6 Å². The van der Waals surface area contributed by atoms with Gasteiger partial charge in [-0.25, -0.2) is 9.98 Å². The first kappa shape index (κ1) is 18.0. The van der Waals surface area contributed by atoms with Gasteiger partial charge in [0.1, 0.15) is 5.76 Å². The van der Waals surface area contributed by atoms with Crippen molar-refractivity contribution in [1.29, 1.82) is 0 Å². The molecule has 0 saturated heterocycles. The van der Waals surface area contributed by atoms with Gasteiger partial charge in [-0.1, -0.05) is 24.3 Å². The molecule has 0 bridgehead atoms. The van der Waals surface area contributed by atoms with Gasteiger partial charge in [0, 0.05) is 25.3 Å². The minimum absolute atomic E-state index is 0.515. The lowest BCUT2D eigenvalue weighted by Gasteiger charge is -2.17. The van der Waals surface area contributed by atoms with Crippen molar-refractivity contribution in [2.24, 2.45) is 4.99 Å². The molecule has 1 aliphatic heterocycles. The van der Waals surface area contributed by atoms with E-state index in [9.17, 15) is 0 Å². The monoisotopic (exact) mass is 353 g/mol. The number of hydrogen-bond acceptors (Lipinski definition) is 4. The normalized spacial score (nSPS) is 14.1. The van der Waals surface area contributed by atoms with Crippen LogP contribution in [-0.2, 0) is 13.1 Å². The fourth-order valence-corrected chi connectivity index (χ4v) is 2.79. The third-order valence-corrected chi connectivity index (χ3v) is 4.36. The van der Waals surface area contributed by atoms with Gasteiger partial charge in [0.25, 0.3) is 0 Å². The van der Waals surface area contributed by atoms with E-state index in [1.807, 2.05) is 13.8 Å². The van der Waals surface area contributed by atoms with Crippen molar-refractivity contribution >= 4 is 11.6 Å². The van der Waals surface area contributed by atoms with Gasteiger partial charge in [-0.2, -0.15) is 0 Å². The lowest BCUT2D eigenvalue weighted by Crippen LogP contribution is -2.36. The standard InChI is InChI=1S/C20H27N5O/c1-4-21-20(23-14-19-24-15(2)16(3)26-19)22-13-17-7-9-18(10-8-17)25-11-5-6-12-25/h5-10H,4,11-14H2,1-3H3,(H2,21,22,23). The predicted octanol–water partition coefficient (Wildman–Crippen LogP) is 2.92. The molecule has 2 N–H and O–H groups in total. The van der Waals surface area contributed by atoms with Gasteiger partial charge in [0.15, 0.2) is 5.96 Å². The van der Waals surface area contributed by atoms with Crippen molar-refractivity contribution in [3.63, 3.8) is 0 Å². The minimum atomic E-state index is 0.515. The number of guanidine groups is 1. The second kappa shape index (κ2) is 8.56. The van der Waals surface area contributed by atoms with Gasteiger partial charge in [-0.3, -0.25) is 0 Å². The Labute approximate surface area is 155 Å². The number of hydrogen-bond donors (Lipinski definition) is 2. The van der Waals surface area contributed by atoms with E-state index < -0.39 is 0 Å². The number of benzene rings is 1. The van der Waals surface area contributed by atoms with Crippen LogP contribution in [0.4, 0.5) is 5.69 Å². The Morgan fingerprint density at radius 3 is 2.50 bits per heavy atom. The molecule has 1 aromatic heterocycles. The number of oxazole rings is 1. The van der Waals surface area contributed by atoms with Crippen molar-refractivity contribution in [2.75, 3.05) is 24.5 Å². The number of aromatic nitrogens is 1. The number of aliphatic imine (C=N–C) groups is 1. The molecule has 0 saturated carbocycles. The summed E-state index contributed by atoms with van der Waals surface area (Å²) in [5.74, 6) is 2.29. The zero-order chi connectivity index (χ0) is 18.4. The van der Waals surface area contributed by atoms with Crippen LogP contribution < -0.4 is 15.5 Å². The molecule has 0 spiro atoms. The van der Waals surface area contributed by atoms with Crippen LogP contribution in [0.25, 0.3) is 0 Å². The maximum atomic E-state index is 5.60. The molecule has 2 heterocycles. The highest BCUT2D eigenvalue weighted by atomic mass is 16.4. The summed E-state index contributed by atoms with van der Waals surface area (Å²) in [6.07, 6.45) is 4.40. The van der Waals surface area contributed by atoms with Crippen molar-refractivity contribution < 1.29 is 4.42 Å². The lowest BCUT2D eigenvalue weighted by atomic mass is 10.2. The molecule has 138 valence electrons. The van der Waals surface area contributed by atoms with Gasteiger partial charge in [-0.05, 0) is 38.5 Å². The fraction of sp³-hybridized carbons (Fsp3) is 0.400. The van der Waals surface area contributed by atoms with Crippen LogP contribution in [0.2, 0.25) is 0 Å². The van der Waals surface area contributed by atoms with Gasteiger partial charge >= 0.3 is 0 Å². The molecular formula is C20H27N5O. The second-order valence-electron chi connectivity index (χ2n) is 6.34. The summed E-state index contributed by atoms with van der Waals surface area (Å²) in [6.45, 7) is 9.85. The Bertz CT molecular complexity index is 748. The van der Waals surface area contributed by atoms with E-state index in [0.29, 0.717) is 19.0 Å². The van der Waals surface area contributed by atoms with Crippen LogP contribution >= 0.6 is 0 Å². The smallest absolute Gasteiger partial charge is 0.214 e. The van der Waals surface area contributed by atoms with E-state index in [4.69, 9.17) is 4.42 Å². The molecule has 0 atom stereocenters. The quantitative estimate of drug-likeness (QED) is 0.475. The zero-order valence-corrected chi connectivity index (χ0v) is 15.7. The molecule has 0 fully saturated rings. The highest BCUT2D eigenvalue weighted by Gasteiger charge is 2.08. The zero-order valence-electron chi connectivity index (χ0n) is 15.7. The summed E-state index contributed by atoms with van der Waals surface area (Å²) in [5.41, 5.74) is 3.36. The van der Waals surface area contributed by atoms with Crippen molar-refractivity contribution in [2.45, 2.75) is 33.9 Å². The molecule has 6 nitrogen and oxygen atoms in total. The molecule has 2 aromatic rings. The van der Waals surface area contributed by atoms with Crippen LogP contribution in [0.5, 0.6) is 0 Å². The molecule has 1 aliphatic rings. The van der Waals surface area contributed by atoms with Crippen LogP contribution in [0.3, 0.4) is 0 Å². The lowest BCUT2D eigenvalue weighted by molar-refractivity contribution is 0.463. The highest BCUT2D eigenvalue weighted by Crippen LogP contribution is 2.18. The summed E-state index contributed by atoms with van der Waals surface area (Å²) >= 11 is 0. The summed E-state index contributed by atoms with van der Waals surface area (Å²) in [6, 6.07) is 8.61. The van der Waals surface area contributed by atoms with E-state index in [1.165, 1.54) is 11.3 Å². The summed E-state index contributed by atoms with van der Waals surface area (Å²) in [5, 5.41) is 6.52. The van der Waals surface area contributed by atoms with Crippen molar-refractivity contribution in [3.05, 3.63) is 59.3 Å². The maximum Gasteiger partial charge on any atom is 0.214 e. The van der Waals surface area contributed by atoms with Gasteiger partial charge in [-0.15, -0.1) is 0 Å². The predicted molar refractivity (Wildman–Crippen MR) is 105 cm³/mol. The number of nitrogens with zero attached hydrogens (tertiary/aromatic N) is 3. The minimum Gasteiger partial charge on any atom is -0.444 e. The fourth-order valence-electron chi connectivity index (χ4n) is 2.79. The largest absolute Gasteiger partial charge is 0.444 e. The molecule has 3 rings (SSSR count). The third-order valence-electron chi connectivity index (χ3n) is 4.36. The first-order valence-electron chi connectivity index (χ1n) is 9.09. The SMILES string of the molecule is CCNC(=NCc1ccc(N2CC=CC2)cc1)NCc1nc(C)c(C)o1. The van der Waals surface area contributed by atoms with Crippen LogP contribution in [-0.4, -0.2) is 30.6 Å². The number of anilines is 1. The molecule has 0 aliphatic carbocycles. The van der Waals surface area contributed by atoms with E-state index in [1.54, 1.807) is 0 Å². The van der Waals surface area contributed by atoms with Crippen LogP contribution in [0.1, 0.15) is 29.8 Å². The maximum absolute atomic E-state index is 5.60. The van der Waals surface area contributed by atoms with E-state index in [0.717, 1.165) is 37.0 Å². The highest BCUT2D eigenvalue weighted by molar-refractivity contribution is 5.79. The first-order valence-corrected chi connectivity index (χ1v) is 9.09. The average Bonchev–Trinajstić information content (AvgIpc) is 3.28. The van der Waals surface area contributed by atoms with E-state index in [-0.39, 0.29) is 0 Å². The molecule has 0 radical (unpaired) electrons. The Hall–Kier alpha value is -2.76. The van der Waals surface area contributed by atoms with E-state index >= 15 is 0 Å². The van der Waals surface area contributed by atoms with Crippen molar-refractivity contribution in [3.8, 4) is 0 Å². The van der Waals surface area contributed by atoms with Gasteiger partial charge < -0.3 is 20.0 Å². The van der Waals surface area contributed by atoms with E-state index in [2.05, 4.69) is 68.9 Å². The van der Waals surface area contributed by atoms with Gasteiger partial charge in [0.05, 0.1) is 18.8 Å². The molecule has 1 aromatic carbocycles. The molecule has 0 unspecified atom stereocenters. The number of aryl methyl sites for hydroxylation is 2. The third kappa shape index (κ3) is 4.65.